The maximum absolute atomic E-state index is 9.78. The van der Waals surface area contributed by atoms with E-state index in [4.69, 9.17) is 23.3 Å². The van der Waals surface area contributed by atoms with Gasteiger partial charge in [0.05, 0.1) is 6.10 Å². The average molecular weight is 290 g/mol. The van der Waals surface area contributed by atoms with Crippen molar-refractivity contribution in [2.24, 2.45) is 0 Å². The Morgan fingerprint density at radius 1 is 1.37 bits per heavy atom. The van der Waals surface area contributed by atoms with E-state index in [0.717, 1.165) is 5.56 Å². The monoisotopic (exact) mass is 290 g/mol. The maximum atomic E-state index is 9.78. The fourth-order valence-corrected chi connectivity index (χ4v) is 1.23. The summed E-state index contributed by atoms with van der Waals surface area (Å²) in [5.41, 5.74) is 7.17. The minimum absolute atomic E-state index is 0.380. The van der Waals surface area contributed by atoms with Crippen LogP contribution in [0.4, 0.5) is 5.69 Å². The highest BCUT2D eigenvalue weighted by Gasteiger charge is 2.07. The Morgan fingerprint density at radius 2 is 1.89 bits per heavy atom. The van der Waals surface area contributed by atoms with Crippen molar-refractivity contribution in [3.63, 3.8) is 0 Å². The minimum Gasteiger partial charge on any atom is -0.759 e. The van der Waals surface area contributed by atoms with E-state index in [1.54, 1.807) is 6.07 Å². The van der Waals surface area contributed by atoms with Gasteiger partial charge in [0.2, 0.25) is 0 Å². The van der Waals surface area contributed by atoms with Crippen LogP contribution in [0.25, 0.3) is 0 Å². The Bertz CT molecular complexity index is 468. The van der Waals surface area contributed by atoms with Crippen molar-refractivity contribution < 1.29 is 22.6 Å². The number of hydrogen-bond acceptors (Lipinski definition) is 7. The van der Waals surface area contributed by atoms with E-state index in [0.29, 0.717) is 18.3 Å². The molecular weight excluding hydrogens is 272 g/mol. The van der Waals surface area contributed by atoms with Crippen LogP contribution in [0.2, 0.25) is 0 Å². The first kappa shape index (κ1) is 17.8. The first-order valence-electron chi connectivity index (χ1n) is 5.53. The molecule has 0 aliphatic carbocycles. The number of nitrogens with one attached hydrogen (secondary N) is 1. The van der Waals surface area contributed by atoms with Gasteiger partial charge in [-0.05, 0) is 17.7 Å². The molecule has 19 heavy (non-hydrogen) atoms. The first-order chi connectivity index (χ1) is 8.59. The van der Waals surface area contributed by atoms with Crippen LogP contribution in [0.3, 0.4) is 0 Å². The molecule has 0 heterocycles. The zero-order chi connectivity index (χ0) is 15.1. The minimum atomic E-state index is -5.17. The number of aliphatic hydroxyl groups is 1. The number of benzene rings is 1. The largest absolute Gasteiger partial charge is 0.759 e. The molecule has 0 amide bonds. The Morgan fingerprint density at radius 3 is 2.32 bits per heavy atom. The SMILES string of the molecule is CC(C)NCC(O)c1cccc(N)c1.O=S(=O)([O-])[O-]. The molecule has 0 fully saturated rings. The molecule has 0 radical (unpaired) electrons. The van der Waals surface area contributed by atoms with Gasteiger partial charge in [0, 0.05) is 28.7 Å². The van der Waals surface area contributed by atoms with E-state index >= 15 is 0 Å². The molecule has 4 N–H and O–H groups in total. The lowest BCUT2D eigenvalue weighted by Gasteiger charge is -2.14. The lowest BCUT2D eigenvalue weighted by atomic mass is 10.1. The normalized spacial score (nSPS) is 12.7. The molecule has 1 aromatic carbocycles. The summed E-state index contributed by atoms with van der Waals surface area (Å²) in [5, 5.41) is 12.9. The highest BCUT2D eigenvalue weighted by atomic mass is 32.3. The number of aliphatic hydroxyl groups excluding tert-OH is 1. The van der Waals surface area contributed by atoms with Crippen molar-refractivity contribution in [1.29, 1.82) is 0 Å². The third kappa shape index (κ3) is 11.6. The van der Waals surface area contributed by atoms with Gasteiger partial charge in [0.15, 0.2) is 0 Å². The maximum Gasteiger partial charge on any atom is 0.0915 e. The van der Waals surface area contributed by atoms with Gasteiger partial charge in [-0.3, -0.25) is 8.42 Å². The van der Waals surface area contributed by atoms with E-state index in [9.17, 15) is 5.11 Å². The second kappa shape index (κ2) is 8.08. The van der Waals surface area contributed by atoms with Crippen molar-refractivity contribution in [2.75, 3.05) is 12.3 Å². The summed E-state index contributed by atoms with van der Waals surface area (Å²) in [6.45, 7) is 4.65. The Kier molecular flexibility index (Phi) is 7.57. The van der Waals surface area contributed by atoms with Gasteiger partial charge in [-0.15, -0.1) is 0 Å². The quantitative estimate of drug-likeness (QED) is 0.401. The molecule has 0 saturated carbocycles. The third-order valence-corrected chi connectivity index (χ3v) is 2.01. The highest BCUT2D eigenvalue weighted by molar-refractivity contribution is 7.79. The smallest absolute Gasteiger partial charge is 0.0915 e. The van der Waals surface area contributed by atoms with Crippen molar-refractivity contribution >= 4 is 16.1 Å². The molecule has 7 nitrogen and oxygen atoms in total. The summed E-state index contributed by atoms with van der Waals surface area (Å²) in [6.07, 6.45) is -0.485. The second-order valence-corrected chi connectivity index (χ2v) is 4.97. The van der Waals surface area contributed by atoms with E-state index in [2.05, 4.69) is 5.32 Å². The Hall–Kier alpha value is -1.19. The highest BCUT2D eigenvalue weighted by Crippen LogP contribution is 2.14. The van der Waals surface area contributed by atoms with Crippen LogP contribution in [-0.4, -0.2) is 35.2 Å². The third-order valence-electron chi connectivity index (χ3n) is 2.01. The van der Waals surface area contributed by atoms with Crippen LogP contribution in [0.5, 0.6) is 0 Å². The molecule has 0 aromatic heterocycles. The zero-order valence-corrected chi connectivity index (χ0v) is 11.6. The number of nitrogen functional groups attached to an aromatic ring is 1. The van der Waals surface area contributed by atoms with Crippen LogP contribution in [0.15, 0.2) is 24.3 Å². The van der Waals surface area contributed by atoms with Crippen molar-refractivity contribution in [3.8, 4) is 0 Å². The molecule has 0 spiro atoms. The van der Waals surface area contributed by atoms with Gasteiger partial charge in [0.25, 0.3) is 0 Å². The molecule has 0 aliphatic heterocycles. The average Bonchev–Trinajstić information content (AvgIpc) is 2.23. The number of rotatable bonds is 4. The molecule has 110 valence electrons. The summed E-state index contributed by atoms with van der Waals surface area (Å²) in [7, 11) is -5.17. The molecular formula is C11H18N2O5S-2. The van der Waals surface area contributed by atoms with E-state index in [1.807, 2.05) is 32.0 Å². The topological polar surface area (TPSA) is 139 Å². The molecule has 1 atom stereocenters. The number of anilines is 1. The molecule has 0 saturated heterocycles. The van der Waals surface area contributed by atoms with Gasteiger partial charge in [-0.25, -0.2) is 0 Å². The van der Waals surface area contributed by atoms with Gasteiger partial charge in [-0.2, -0.15) is 0 Å². The molecule has 0 bridgehead atoms. The fraction of sp³-hybridized carbons (Fsp3) is 0.455. The van der Waals surface area contributed by atoms with Crippen molar-refractivity contribution in [3.05, 3.63) is 29.8 Å². The summed E-state index contributed by atoms with van der Waals surface area (Å²) < 4.78 is 34.1. The van der Waals surface area contributed by atoms with Crippen LogP contribution in [0.1, 0.15) is 25.5 Å². The lowest BCUT2D eigenvalue weighted by Crippen LogP contribution is -2.27. The van der Waals surface area contributed by atoms with Crippen LogP contribution >= 0.6 is 0 Å². The Labute approximate surface area is 113 Å². The molecule has 1 rings (SSSR count). The second-order valence-electron chi connectivity index (χ2n) is 4.16. The predicted molar refractivity (Wildman–Crippen MR) is 69.4 cm³/mol. The number of nitrogens with two attached hydrogens (primary N) is 1. The molecule has 1 aromatic rings. The van der Waals surface area contributed by atoms with E-state index in [-0.39, 0.29) is 0 Å². The van der Waals surface area contributed by atoms with Crippen molar-refractivity contribution in [2.45, 2.75) is 26.0 Å². The van der Waals surface area contributed by atoms with Gasteiger partial charge < -0.3 is 25.3 Å². The Balaban J connectivity index is 0.000000555. The van der Waals surface area contributed by atoms with Gasteiger partial charge in [0.1, 0.15) is 0 Å². The van der Waals surface area contributed by atoms with E-state index < -0.39 is 16.5 Å². The summed E-state index contributed by atoms with van der Waals surface area (Å²) in [6, 6.07) is 7.72. The van der Waals surface area contributed by atoms with Crippen molar-refractivity contribution in [1.82, 2.24) is 5.32 Å². The fourth-order valence-electron chi connectivity index (χ4n) is 1.23. The summed E-state index contributed by atoms with van der Waals surface area (Å²) >= 11 is 0. The zero-order valence-electron chi connectivity index (χ0n) is 10.7. The van der Waals surface area contributed by atoms with Gasteiger partial charge in [-0.1, -0.05) is 26.0 Å². The van der Waals surface area contributed by atoms with Crippen LogP contribution in [-0.2, 0) is 10.4 Å². The van der Waals surface area contributed by atoms with Crippen LogP contribution < -0.4 is 11.1 Å². The van der Waals surface area contributed by atoms with E-state index in [1.165, 1.54) is 0 Å². The van der Waals surface area contributed by atoms with Gasteiger partial charge >= 0.3 is 0 Å². The lowest BCUT2D eigenvalue weighted by molar-refractivity contribution is 0.171. The molecule has 0 aliphatic rings. The predicted octanol–water partition coefficient (Wildman–Crippen LogP) is -0.0378. The summed E-state index contributed by atoms with van der Waals surface area (Å²) in [4.78, 5) is 0. The first-order valence-corrected chi connectivity index (χ1v) is 6.86. The molecule has 1 unspecified atom stereocenters. The molecule has 8 heteroatoms. The number of hydrogen-bond donors (Lipinski definition) is 3. The summed E-state index contributed by atoms with van der Waals surface area (Å²) in [5.74, 6) is 0. The standard InChI is InChI=1S/C11H18N2O.H2O4S/c1-8(2)13-7-11(14)9-4-3-5-10(12)6-9;1-5(2,3)4/h3-6,8,11,13-14H,7,12H2,1-2H3;(H2,1,2,3,4)/p-2. The van der Waals surface area contributed by atoms with Crippen LogP contribution in [0, 0.1) is 0 Å².